The third-order valence-electron chi connectivity index (χ3n) is 7.12. The molecule has 1 fully saturated rings. The van der Waals surface area contributed by atoms with E-state index in [1.807, 2.05) is 46.9 Å². The standard InChI is InChI=1S/C27H23N7OS/c28-25-24-23(21-13-17-3-1-2-4-19(17)31-21)32-26(34(24)12-9-29-25)16-7-10-33(11-8-16)27(35)18-5-6-20-22(14-18)36-15-30-20/h1-6,9,12-16,31H,7-8,10-11H2,(H2,28,29). The highest BCUT2D eigenvalue weighted by atomic mass is 32.1. The number of likely N-dealkylation sites (tertiary alicyclic amines) is 1. The van der Waals surface area contributed by atoms with Gasteiger partial charge in [-0.2, -0.15) is 0 Å². The molecule has 4 aromatic heterocycles. The summed E-state index contributed by atoms with van der Waals surface area (Å²) in [6.45, 7) is 1.36. The van der Waals surface area contributed by atoms with Gasteiger partial charge in [-0.15, -0.1) is 11.3 Å². The van der Waals surface area contributed by atoms with E-state index in [0.29, 0.717) is 18.9 Å². The molecule has 5 heterocycles. The van der Waals surface area contributed by atoms with Gasteiger partial charge >= 0.3 is 0 Å². The molecule has 178 valence electrons. The Kier molecular flexibility index (Phi) is 4.78. The van der Waals surface area contributed by atoms with Crippen molar-refractivity contribution >= 4 is 49.7 Å². The molecule has 1 aliphatic rings. The normalized spacial score (nSPS) is 14.8. The fraction of sp³-hybridized carbons (Fsp3) is 0.185. The van der Waals surface area contributed by atoms with Crippen LogP contribution in [0.2, 0.25) is 0 Å². The molecule has 6 aromatic rings. The average molecular weight is 494 g/mol. The monoisotopic (exact) mass is 493 g/mol. The zero-order valence-corrected chi connectivity index (χ0v) is 20.2. The molecule has 0 atom stereocenters. The van der Waals surface area contributed by atoms with E-state index >= 15 is 0 Å². The second kappa shape index (κ2) is 8.17. The van der Waals surface area contributed by atoms with Gasteiger partial charge in [0.05, 0.1) is 21.4 Å². The summed E-state index contributed by atoms with van der Waals surface area (Å²) in [7, 11) is 0. The van der Waals surface area contributed by atoms with E-state index in [1.165, 1.54) is 0 Å². The number of hydrogen-bond acceptors (Lipinski definition) is 6. The van der Waals surface area contributed by atoms with Gasteiger partial charge in [-0.3, -0.25) is 9.20 Å². The summed E-state index contributed by atoms with van der Waals surface area (Å²) < 4.78 is 3.11. The first kappa shape index (κ1) is 21.1. The van der Waals surface area contributed by atoms with Crippen molar-refractivity contribution in [3.05, 3.63) is 77.8 Å². The number of rotatable bonds is 3. The summed E-state index contributed by atoms with van der Waals surface area (Å²) >= 11 is 1.56. The van der Waals surface area contributed by atoms with Gasteiger partial charge in [-0.1, -0.05) is 18.2 Å². The van der Waals surface area contributed by atoms with E-state index in [0.717, 1.165) is 62.3 Å². The lowest BCUT2D eigenvalue weighted by atomic mass is 9.95. The van der Waals surface area contributed by atoms with E-state index in [1.54, 1.807) is 17.5 Å². The van der Waals surface area contributed by atoms with Crippen LogP contribution in [0.5, 0.6) is 0 Å². The minimum atomic E-state index is 0.0731. The lowest BCUT2D eigenvalue weighted by Crippen LogP contribution is -2.38. The maximum atomic E-state index is 13.2. The van der Waals surface area contributed by atoms with Gasteiger partial charge in [0.25, 0.3) is 5.91 Å². The van der Waals surface area contributed by atoms with Gasteiger partial charge in [0.1, 0.15) is 22.9 Å². The number of aromatic amines is 1. The summed E-state index contributed by atoms with van der Waals surface area (Å²) in [6, 6.07) is 16.0. The van der Waals surface area contributed by atoms with Gasteiger partial charge in [-0.25, -0.2) is 15.0 Å². The number of nitrogen functional groups attached to an aromatic ring is 1. The third-order valence-corrected chi connectivity index (χ3v) is 7.91. The predicted octanol–water partition coefficient (Wildman–Crippen LogP) is 5.09. The number of piperidine rings is 1. The summed E-state index contributed by atoms with van der Waals surface area (Å²) in [4.78, 5) is 32.4. The fourth-order valence-electron chi connectivity index (χ4n) is 5.28. The summed E-state index contributed by atoms with van der Waals surface area (Å²) in [5.74, 6) is 1.70. The number of carbonyl (C=O) groups excluding carboxylic acids is 1. The molecule has 36 heavy (non-hydrogen) atoms. The van der Waals surface area contributed by atoms with Gasteiger partial charge in [0, 0.05) is 47.9 Å². The van der Waals surface area contributed by atoms with Crippen LogP contribution in [0.1, 0.15) is 34.9 Å². The van der Waals surface area contributed by atoms with E-state index in [2.05, 4.69) is 37.6 Å². The number of anilines is 1. The van der Waals surface area contributed by atoms with Crippen molar-refractivity contribution in [1.29, 1.82) is 0 Å². The van der Waals surface area contributed by atoms with Crippen molar-refractivity contribution in [2.45, 2.75) is 18.8 Å². The number of H-pyrrole nitrogens is 1. The topological polar surface area (TPSA) is 105 Å². The Labute approximate surface area is 210 Å². The maximum Gasteiger partial charge on any atom is 0.253 e. The average Bonchev–Trinajstić information content (AvgIpc) is 3.64. The van der Waals surface area contributed by atoms with Crippen LogP contribution in [0.3, 0.4) is 0 Å². The quantitative estimate of drug-likeness (QED) is 0.357. The number of carbonyl (C=O) groups is 1. The number of thiazole rings is 1. The predicted molar refractivity (Wildman–Crippen MR) is 142 cm³/mol. The number of aromatic nitrogens is 5. The molecule has 1 saturated heterocycles. The van der Waals surface area contributed by atoms with Gasteiger partial charge < -0.3 is 15.6 Å². The molecule has 0 unspecified atom stereocenters. The summed E-state index contributed by atoms with van der Waals surface area (Å²) in [6.07, 6.45) is 5.32. The second-order valence-corrected chi connectivity index (χ2v) is 10.1. The molecule has 0 spiro atoms. The SMILES string of the molecule is Nc1nccn2c(C3CCN(C(=O)c4ccc5ncsc5c4)CC3)nc(-c3cc4ccccc4[nH]3)c12. The van der Waals surface area contributed by atoms with E-state index in [9.17, 15) is 4.79 Å². The molecule has 1 aliphatic heterocycles. The first-order chi connectivity index (χ1) is 17.7. The molecule has 7 rings (SSSR count). The Balaban J connectivity index is 1.19. The zero-order chi connectivity index (χ0) is 24.2. The lowest BCUT2D eigenvalue weighted by molar-refractivity contribution is 0.0711. The largest absolute Gasteiger partial charge is 0.382 e. The van der Waals surface area contributed by atoms with Crippen LogP contribution in [-0.2, 0) is 0 Å². The first-order valence-electron chi connectivity index (χ1n) is 12.0. The van der Waals surface area contributed by atoms with Gasteiger partial charge in [-0.05, 0) is 43.2 Å². The van der Waals surface area contributed by atoms with Crippen molar-refractivity contribution in [3.63, 3.8) is 0 Å². The number of nitrogens with two attached hydrogens (primary N) is 1. The van der Waals surface area contributed by atoms with Crippen molar-refractivity contribution in [1.82, 2.24) is 29.2 Å². The first-order valence-corrected chi connectivity index (χ1v) is 12.9. The molecular weight excluding hydrogens is 470 g/mol. The van der Waals surface area contributed by atoms with Crippen LogP contribution < -0.4 is 5.73 Å². The molecule has 1 amide bonds. The van der Waals surface area contributed by atoms with Crippen LogP contribution in [0.25, 0.3) is 38.0 Å². The highest BCUT2D eigenvalue weighted by Gasteiger charge is 2.29. The van der Waals surface area contributed by atoms with E-state index in [4.69, 9.17) is 10.7 Å². The number of imidazole rings is 1. The molecule has 0 saturated carbocycles. The Bertz CT molecular complexity index is 1720. The molecule has 0 aliphatic carbocycles. The van der Waals surface area contributed by atoms with Crippen molar-refractivity contribution in [2.24, 2.45) is 0 Å². The smallest absolute Gasteiger partial charge is 0.253 e. The van der Waals surface area contributed by atoms with Crippen molar-refractivity contribution in [3.8, 4) is 11.4 Å². The lowest BCUT2D eigenvalue weighted by Gasteiger charge is -2.31. The van der Waals surface area contributed by atoms with Crippen molar-refractivity contribution < 1.29 is 4.79 Å². The number of nitrogens with one attached hydrogen (secondary N) is 1. The molecular formula is C27H23N7OS. The minimum Gasteiger partial charge on any atom is -0.382 e. The Hall–Kier alpha value is -4.24. The molecule has 9 heteroatoms. The van der Waals surface area contributed by atoms with Gasteiger partial charge in [0.15, 0.2) is 0 Å². The number of benzene rings is 2. The number of hydrogen-bond donors (Lipinski definition) is 2. The van der Waals surface area contributed by atoms with Crippen LogP contribution in [0.15, 0.2) is 66.4 Å². The van der Waals surface area contributed by atoms with Crippen LogP contribution in [0, 0.1) is 0 Å². The zero-order valence-electron chi connectivity index (χ0n) is 19.4. The molecule has 0 radical (unpaired) electrons. The Morgan fingerprint density at radius 3 is 2.81 bits per heavy atom. The van der Waals surface area contributed by atoms with Gasteiger partial charge in [0.2, 0.25) is 0 Å². The minimum absolute atomic E-state index is 0.0731. The number of nitrogens with zero attached hydrogens (tertiary/aromatic N) is 5. The number of para-hydroxylation sites is 1. The number of amides is 1. The second-order valence-electron chi connectivity index (χ2n) is 9.22. The Morgan fingerprint density at radius 2 is 1.94 bits per heavy atom. The van der Waals surface area contributed by atoms with E-state index < -0.39 is 0 Å². The molecule has 2 aromatic carbocycles. The molecule has 8 nitrogen and oxygen atoms in total. The fourth-order valence-corrected chi connectivity index (χ4v) is 5.99. The van der Waals surface area contributed by atoms with E-state index in [-0.39, 0.29) is 11.8 Å². The Morgan fingerprint density at radius 1 is 1.08 bits per heavy atom. The highest BCUT2D eigenvalue weighted by Crippen LogP contribution is 2.35. The van der Waals surface area contributed by atoms with Crippen molar-refractivity contribution in [2.75, 3.05) is 18.8 Å². The maximum absolute atomic E-state index is 13.2. The summed E-state index contributed by atoms with van der Waals surface area (Å²) in [5, 5.41) is 1.13. The highest BCUT2D eigenvalue weighted by molar-refractivity contribution is 7.16. The third kappa shape index (κ3) is 3.35. The summed E-state index contributed by atoms with van der Waals surface area (Å²) in [5.41, 5.74) is 13.4. The van der Waals surface area contributed by atoms with Crippen LogP contribution >= 0.6 is 11.3 Å². The molecule has 3 N–H and O–H groups in total. The van der Waals surface area contributed by atoms with Crippen LogP contribution in [0.4, 0.5) is 5.82 Å². The van der Waals surface area contributed by atoms with Crippen LogP contribution in [-0.4, -0.2) is 48.2 Å². The molecule has 0 bridgehead atoms. The number of fused-ring (bicyclic) bond motifs is 3.